The second kappa shape index (κ2) is 7.50. The average Bonchev–Trinajstić information content (AvgIpc) is 2.48. The van der Waals surface area contributed by atoms with Gasteiger partial charge in [-0.15, -0.1) is 0 Å². The van der Waals surface area contributed by atoms with Crippen molar-refractivity contribution in [1.29, 1.82) is 0 Å². The number of methoxy groups -OCH3 is 1. The van der Waals surface area contributed by atoms with Crippen LogP contribution in [0.3, 0.4) is 0 Å². The van der Waals surface area contributed by atoms with E-state index in [1.807, 2.05) is 48.5 Å². The maximum absolute atomic E-state index is 11.7. The van der Waals surface area contributed by atoms with Crippen LogP contribution in [0.25, 0.3) is 6.08 Å². The van der Waals surface area contributed by atoms with Crippen molar-refractivity contribution < 1.29 is 9.53 Å². The van der Waals surface area contributed by atoms with Gasteiger partial charge >= 0.3 is 6.03 Å². The molecule has 2 rings (SSSR count). The summed E-state index contributed by atoms with van der Waals surface area (Å²) in [6.07, 6.45) is 3.40. The number of amides is 2. The van der Waals surface area contributed by atoms with E-state index < -0.39 is 0 Å². The summed E-state index contributed by atoms with van der Waals surface area (Å²) in [4.78, 5) is 11.7. The molecule has 0 aromatic heterocycles. The highest BCUT2D eigenvalue weighted by Crippen LogP contribution is 2.15. The van der Waals surface area contributed by atoms with Gasteiger partial charge in [0.2, 0.25) is 0 Å². The fourth-order valence-electron chi connectivity index (χ4n) is 1.66. The first-order valence-electron chi connectivity index (χ1n) is 6.31. The molecule has 21 heavy (non-hydrogen) atoms. The third kappa shape index (κ3) is 4.96. The van der Waals surface area contributed by atoms with Crippen LogP contribution in [0.1, 0.15) is 5.56 Å². The summed E-state index contributed by atoms with van der Waals surface area (Å²) in [5.41, 5.74) is 1.69. The van der Waals surface area contributed by atoms with Gasteiger partial charge in [0.25, 0.3) is 0 Å². The molecule has 0 aliphatic rings. The Balaban J connectivity index is 1.86. The molecule has 5 heteroatoms. The number of ether oxygens (including phenoxy) is 1. The summed E-state index contributed by atoms with van der Waals surface area (Å²) >= 11 is 3.35. The molecule has 0 aliphatic heterocycles. The summed E-state index contributed by atoms with van der Waals surface area (Å²) in [5, 5.41) is 5.39. The van der Waals surface area contributed by atoms with Gasteiger partial charge in [-0.05, 0) is 42.0 Å². The second-order valence-electron chi connectivity index (χ2n) is 4.22. The third-order valence-corrected chi connectivity index (χ3v) is 3.18. The molecule has 0 unspecified atom stereocenters. The highest BCUT2D eigenvalue weighted by molar-refractivity contribution is 9.10. The lowest BCUT2D eigenvalue weighted by molar-refractivity contribution is 0.255. The van der Waals surface area contributed by atoms with Crippen LogP contribution in [0.4, 0.5) is 10.5 Å². The van der Waals surface area contributed by atoms with E-state index in [1.165, 1.54) is 0 Å². The van der Waals surface area contributed by atoms with E-state index in [-0.39, 0.29) is 6.03 Å². The fraction of sp³-hybridized carbons (Fsp3) is 0.0625. The zero-order valence-electron chi connectivity index (χ0n) is 11.5. The van der Waals surface area contributed by atoms with E-state index in [2.05, 4.69) is 26.6 Å². The summed E-state index contributed by atoms with van der Waals surface area (Å²) < 4.78 is 5.99. The minimum absolute atomic E-state index is 0.294. The molecule has 108 valence electrons. The van der Waals surface area contributed by atoms with Crippen LogP contribution < -0.4 is 15.4 Å². The molecule has 0 saturated carbocycles. The van der Waals surface area contributed by atoms with Crippen molar-refractivity contribution in [2.24, 2.45) is 0 Å². The van der Waals surface area contributed by atoms with E-state index in [0.29, 0.717) is 0 Å². The van der Waals surface area contributed by atoms with Gasteiger partial charge in [0, 0.05) is 16.4 Å². The van der Waals surface area contributed by atoms with E-state index in [1.54, 1.807) is 19.4 Å². The van der Waals surface area contributed by atoms with Crippen molar-refractivity contribution in [3.63, 3.8) is 0 Å². The minimum Gasteiger partial charge on any atom is -0.497 e. The van der Waals surface area contributed by atoms with Gasteiger partial charge in [-0.3, -0.25) is 0 Å². The van der Waals surface area contributed by atoms with E-state index >= 15 is 0 Å². The highest BCUT2D eigenvalue weighted by Gasteiger charge is 1.99. The first-order valence-corrected chi connectivity index (χ1v) is 7.10. The van der Waals surface area contributed by atoms with Gasteiger partial charge in [0.15, 0.2) is 0 Å². The lowest BCUT2D eigenvalue weighted by Gasteiger charge is -2.04. The topological polar surface area (TPSA) is 50.4 Å². The molecule has 0 spiro atoms. The van der Waals surface area contributed by atoms with Crippen LogP contribution in [0.15, 0.2) is 59.2 Å². The molecule has 0 bridgehead atoms. The maximum Gasteiger partial charge on any atom is 0.323 e. The molecule has 0 aliphatic carbocycles. The molecular weight excluding hydrogens is 332 g/mol. The number of hydrogen-bond acceptors (Lipinski definition) is 2. The van der Waals surface area contributed by atoms with E-state index in [9.17, 15) is 4.79 Å². The van der Waals surface area contributed by atoms with Crippen molar-refractivity contribution in [2.75, 3.05) is 12.4 Å². The van der Waals surface area contributed by atoms with Crippen LogP contribution in [0.5, 0.6) is 5.75 Å². The zero-order valence-corrected chi connectivity index (χ0v) is 13.1. The summed E-state index contributed by atoms with van der Waals surface area (Å²) in [5.74, 6) is 0.799. The average molecular weight is 347 g/mol. The lowest BCUT2D eigenvalue weighted by Crippen LogP contribution is -2.23. The summed E-state index contributed by atoms with van der Waals surface area (Å²) in [6.45, 7) is 0. The largest absolute Gasteiger partial charge is 0.497 e. The predicted octanol–water partition coefficient (Wildman–Crippen LogP) is 4.25. The van der Waals surface area contributed by atoms with Crippen molar-refractivity contribution in [2.45, 2.75) is 0 Å². The van der Waals surface area contributed by atoms with Crippen molar-refractivity contribution in [3.05, 3.63) is 64.8 Å². The van der Waals surface area contributed by atoms with Gasteiger partial charge < -0.3 is 15.4 Å². The third-order valence-electron chi connectivity index (χ3n) is 2.69. The van der Waals surface area contributed by atoms with Crippen molar-refractivity contribution in [1.82, 2.24) is 5.32 Å². The summed E-state index contributed by atoms with van der Waals surface area (Å²) in [7, 11) is 1.62. The Bertz CT molecular complexity index is 639. The molecule has 2 N–H and O–H groups in total. The number of hydrogen-bond donors (Lipinski definition) is 2. The number of carbonyl (C=O) groups is 1. The molecule has 2 amide bonds. The monoisotopic (exact) mass is 346 g/mol. The zero-order chi connectivity index (χ0) is 15.1. The molecule has 0 radical (unpaired) electrons. The maximum atomic E-state index is 11.7. The SMILES string of the molecule is COc1ccc(/C=C/NC(=O)Nc2cccc(Br)c2)cc1. The fourth-order valence-corrected chi connectivity index (χ4v) is 2.06. The van der Waals surface area contributed by atoms with E-state index in [0.717, 1.165) is 21.5 Å². The molecule has 2 aromatic rings. The lowest BCUT2D eigenvalue weighted by atomic mass is 10.2. The normalized spacial score (nSPS) is 10.4. The smallest absolute Gasteiger partial charge is 0.323 e. The predicted molar refractivity (Wildman–Crippen MR) is 88.3 cm³/mol. The van der Waals surface area contributed by atoms with Gasteiger partial charge in [0.05, 0.1) is 7.11 Å². The number of halogens is 1. The number of nitrogens with one attached hydrogen (secondary N) is 2. The number of benzene rings is 2. The Morgan fingerprint density at radius 3 is 2.62 bits per heavy atom. The summed E-state index contributed by atoms with van der Waals surface area (Å²) in [6, 6.07) is 14.6. The van der Waals surface area contributed by atoms with Crippen LogP contribution in [0, 0.1) is 0 Å². The van der Waals surface area contributed by atoms with E-state index in [4.69, 9.17) is 4.74 Å². The van der Waals surface area contributed by atoms with Crippen molar-refractivity contribution >= 4 is 33.7 Å². The first-order chi connectivity index (χ1) is 10.2. The first kappa shape index (κ1) is 15.1. The van der Waals surface area contributed by atoms with Crippen LogP contribution in [0.2, 0.25) is 0 Å². The molecule has 2 aromatic carbocycles. The number of rotatable bonds is 4. The van der Waals surface area contributed by atoms with Crippen molar-refractivity contribution in [3.8, 4) is 5.75 Å². The number of urea groups is 1. The molecule has 0 atom stereocenters. The van der Waals surface area contributed by atoms with Gasteiger partial charge in [-0.1, -0.05) is 34.1 Å². The Labute approximate surface area is 132 Å². The number of anilines is 1. The van der Waals surface area contributed by atoms with Gasteiger partial charge in [-0.25, -0.2) is 4.79 Å². The Kier molecular flexibility index (Phi) is 5.40. The Hall–Kier alpha value is -2.27. The molecule has 0 fully saturated rings. The van der Waals surface area contributed by atoms with Crippen LogP contribution in [-0.4, -0.2) is 13.1 Å². The molecule has 0 heterocycles. The van der Waals surface area contributed by atoms with Gasteiger partial charge in [-0.2, -0.15) is 0 Å². The second-order valence-corrected chi connectivity index (χ2v) is 5.13. The van der Waals surface area contributed by atoms with Crippen LogP contribution >= 0.6 is 15.9 Å². The molecule has 0 saturated heterocycles. The Morgan fingerprint density at radius 2 is 1.95 bits per heavy atom. The number of carbonyl (C=O) groups excluding carboxylic acids is 1. The molecule has 4 nitrogen and oxygen atoms in total. The quantitative estimate of drug-likeness (QED) is 0.869. The highest BCUT2D eigenvalue weighted by atomic mass is 79.9. The molecular formula is C16H15BrN2O2. The van der Waals surface area contributed by atoms with Gasteiger partial charge in [0.1, 0.15) is 5.75 Å². The van der Waals surface area contributed by atoms with Crippen LogP contribution in [-0.2, 0) is 0 Å². The Morgan fingerprint density at radius 1 is 1.19 bits per heavy atom. The minimum atomic E-state index is -0.294. The standard InChI is InChI=1S/C16H15BrN2O2/c1-21-15-7-5-12(6-8-15)9-10-18-16(20)19-14-4-2-3-13(17)11-14/h2-11H,1H3,(H2,18,19,20)/b10-9+.